The van der Waals surface area contributed by atoms with Crippen molar-refractivity contribution in [2.75, 3.05) is 39.4 Å². The van der Waals surface area contributed by atoms with Crippen LogP contribution in [-0.2, 0) is 23.7 Å². The number of rotatable bonds is 6. The van der Waals surface area contributed by atoms with E-state index >= 15 is 0 Å². The molecule has 0 aliphatic carbocycles. The van der Waals surface area contributed by atoms with Crippen molar-refractivity contribution in [3.63, 3.8) is 0 Å². The highest BCUT2D eigenvalue weighted by atomic mass is 16.5. The first-order valence-electron chi connectivity index (χ1n) is 8.44. The average Bonchev–Trinajstić information content (AvgIpc) is 2.80. The van der Waals surface area contributed by atoms with Gasteiger partial charge in [0.15, 0.2) is 0 Å². The highest BCUT2D eigenvalue weighted by Crippen LogP contribution is 2.24. The molecule has 1 aromatic rings. The number of hydrogen-bond donors (Lipinski definition) is 2. The van der Waals surface area contributed by atoms with Crippen LogP contribution in [0.3, 0.4) is 0 Å². The second-order valence-corrected chi connectivity index (χ2v) is 7.92. The molecule has 0 radical (unpaired) electrons. The van der Waals surface area contributed by atoms with Crippen molar-refractivity contribution in [3.05, 3.63) is 17.5 Å². The number of hydrogen-bond acceptors (Lipinski definition) is 5. The molecule has 0 bridgehead atoms. The molecule has 2 rings (SSSR count). The minimum atomic E-state index is -0.749. The number of aromatic nitrogens is 2. The maximum atomic E-state index is 10.6. The smallest absolute Gasteiger partial charge is 0.0869 e. The summed E-state index contributed by atoms with van der Waals surface area (Å²) in [5.41, 5.74) is 1.58. The number of morpholine rings is 1. The molecule has 1 aromatic heterocycles. The van der Waals surface area contributed by atoms with Gasteiger partial charge in [0.2, 0.25) is 0 Å². The Labute approximate surface area is 139 Å². The van der Waals surface area contributed by atoms with Gasteiger partial charge in [-0.1, -0.05) is 20.8 Å². The summed E-state index contributed by atoms with van der Waals surface area (Å²) < 4.78 is 7.22. The van der Waals surface area contributed by atoms with E-state index in [0.717, 1.165) is 38.5 Å². The first kappa shape index (κ1) is 18.4. The Morgan fingerprint density at radius 2 is 1.91 bits per heavy atom. The van der Waals surface area contributed by atoms with Crippen LogP contribution in [0.1, 0.15) is 39.0 Å². The Morgan fingerprint density at radius 1 is 1.26 bits per heavy atom. The summed E-state index contributed by atoms with van der Waals surface area (Å²) in [7, 11) is 1.95. The topological polar surface area (TPSA) is 62.5 Å². The van der Waals surface area contributed by atoms with Gasteiger partial charge >= 0.3 is 0 Å². The van der Waals surface area contributed by atoms with Gasteiger partial charge in [0, 0.05) is 56.9 Å². The number of aryl methyl sites for hydroxylation is 1. The number of nitrogens with one attached hydrogen (secondary N) is 1. The maximum Gasteiger partial charge on any atom is 0.0869 e. The Morgan fingerprint density at radius 3 is 2.52 bits per heavy atom. The molecule has 1 saturated heterocycles. The lowest BCUT2D eigenvalue weighted by atomic mass is 9.89. The fourth-order valence-electron chi connectivity index (χ4n) is 3.06. The average molecular weight is 324 g/mol. The highest BCUT2D eigenvalue weighted by Gasteiger charge is 2.26. The molecular formula is C17H32N4O2. The lowest BCUT2D eigenvalue weighted by Gasteiger charge is -2.34. The van der Waals surface area contributed by atoms with Gasteiger partial charge in [0.25, 0.3) is 0 Å². The third-order valence-corrected chi connectivity index (χ3v) is 4.10. The van der Waals surface area contributed by atoms with Gasteiger partial charge in [-0.25, -0.2) is 0 Å². The van der Waals surface area contributed by atoms with Gasteiger partial charge in [-0.3, -0.25) is 9.58 Å². The molecule has 6 heteroatoms. The van der Waals surface area contributed by atoms with Gasteiger partial charge in [0.1, 0.15) is 0 Å². The molecular weight excluding hydrogens is 292 g/mol. The number of aliphatic hydroxyl groups is 1. The van der Waals surface area contributed by atoms with E-state index in [-0.39, 0.29) is 5.41 Å². The van der Waals surface area contributed by atoms with Gasteiger partial charge in [0.05, 0.1) is 24.5 Å². The summed E-state index contributed by atoms with van der Waals surface area (Å²) in [6, 6.07) is 0. The largest absolute Gasteiger partial charge is 0.388 e. The summed E-state index contributed by atoms with van der Waals surface area (Å²) in [6.07, 6.45) is 2.06. The van der Waals surface area contributed by atoms with Crippen LogP contribution in [0.2, 0.25) is 0 Å². The molecule has 2 N–H and O–H groups in total. The van der Waals surface area contributed by atoms with Crippen molar-refractivity contribution in [3.8, 4) is 0 Å². The SMILES string of the molecule is Cn1cc(CNCC(C)(O)CN2CCOCC2)c(C(C)(C)C)n1. The van der Waals surface area contributed by atoms with Gasteiger partial charge in [-0.05, 0) is 6.92 Å². The minimum Gasteiger partial charge on any atom is -0.388 e. The Hall–Kier alpha value is -0.950. The molecule has 2 heterocycles. The zero-order valence-corrected chi connectivity index (χ0v) is 15.2. The molecule has 0 amide bonds. The summed E-state index contributed by atoms with van der Waals surface area (Å²) >= 11 is 0. The van der Waals surface area contributed by atoms with E-state index in [2.05, 4.69) is 42.3 Å². The first-order chi connectivity index (χ1) is 10.7. The maximum absolute atomic E-state index is 10.6. The number of ether oxygens (including phenoxy) is 1. The monoisotopic (exact) mass is 324 g/mol. The van der Waals surface area contributed by atoms with Crippen LogP contribution in [0.5, 0.6) is 0 Å². The number of β-amino-alcohol motifs (C(OH)–C–C–N with tert-alkyl or cyclic N) is 1. The van der Waals surface area contributed by atoms with Crippen LogP contribution >= 0.6 is 0 Å². The number of nitrogens with zero attached hydrogens (tertiary/aromatic N) is 3. The van der Waals surface area contributed by atoms with Crippen LogP contribution in [0.25, 0.3) is 0 Å². The quantitative estimate of drug-likeness (QED) is 0.814. The van der Waals surface area contributed by atoms with E-state index in [1.54, 1.807) is 0 Å². The second kappa shape index (κ2) is 7.30. The normalized spacial score (nSPS) is 19.7. The molecule has 1 fully saturated rings. The summed E-state index contributed by atoms with van der Waals surface area (Å²) in [5, 5.41) is 18.6. The summed E-state index contributed by atoms with van der Waals surface area (Å²) in [5.74, 6) is 0. The van der Waals surface area contributed by atoms with E-state index in [9.17, 15) is 5.11 Å². The third-order valence-electron chi connectivity index (χ3n) is 4.10. The fourth-order valence-corrected chi connectivity index (χ4v) is 3.06. The second-order valence-electron chi connectivity index (χ2n) is 7.92. The van der Waals surface area contributed by atoms with Crippen molar-refractivity contribution in [1.29, 1.82) is 0 Å². The zero-order chi connectivity index (χ0) is 17.1. The van der Waals surface area contributed by atoms with Crippen molar-refractivity contribution in [2.24, 2.45) is 7.05 Å². The predicted octanol–water partition coefficient (Wildman–Crippen LogP) is 0.890. The van der Waals surface area contributed by atoms with Crippen LogP contribution in [0.15, 0.2) is 6.20 Å². The van der Waals surface area contributed by atoms with Crippen molar-refractivity contribution in [2.45, 2.75) is 45.3 Å². The molecule has 23 heavy (non-hydrogen) atoms. The highest BCUT2D eigenvalue weighted by molar-refractivity contribution is 5.23. The van der Waals surface area contributed by atoms with E-state index < -0.39 is 5.60 Å². The Kier molecular flexibility index (Phi) is 5.84. The van der Waals surface area contributed by atoms with Gasteiger partial charge in [-0.15, -0.1) is 0 Å². The summed E-state index contributed by atoms with van der Waals surface area (Å²) in [4.78, 5) is 2.26. The predicted molar refractivity (Wildman–Crippen MR) is 91.5 cm³/mol. The van der Waals surface area contributed by atoms with E-state index in [1.165, 1.54) is 5.56 Å². The Bertz CT molecular complexity index is 499. The van der Waals surface area contributed by atoms with Crippen LogP contribution in [-0.4, -0.2) is 64.8 Å². The van der Waals surface area contributed by atoms with Crippen molar-refractivity contribution >= 4 is 0 Å². The van der Waals surface area contributed by atoms with E-state index in [1.807, 2.05) is 18.7 Å². The molecule has 0 spiro atoms. The van der Waals surface area contributed by atoms with Crippen LogP contribution in [0.4, 0.5) is 0 Å². The zero-order valence-electron chi connectivity index (χ0n) is 15.2. The van der Waals surface area contributed by atoms with Crippen LogP contribution < -0.4 is 5.32 Å². The Balaban J connectivity index is 1.86. The first-order valence-corrected chi connectivity index (χ1v) is 8.44. The molecule has 1 aliphatic rings. The minimum absolute atomic E-state index is 0.0224. The standard InChI is InChI=1S/C17H32N4O2/c1-16(2,3)15-14(11-20(5)19-15)10-18-12-17(4,22)13-21-6-8-23-9-7-21/h11,18,22H,6-10,12-13H2,1-5H3. The third kappa shape index (κ3) is 5.57. The molecule has 1 unspecified atom stereocenters. The molecule has 0 aromatic carbocycles. The van der Waals surface area contributed by atoms with E-state index in [4.69, 9.17) is 4.74 Å². The summed E-state index contributed by atoms with van der Waals surface area (Å²) in [6.45, 7) is 13.7. The lowest BCUT2D eigenvalue weighted by molar-refractivity contribution is -0.0219. The van der Waals surface area contributed by atoms with Gasteiger partial charge < -0.3 is 15.2 Å². The molecule has 6 nitrogen and oxygen atoms in total. The fraction of sp³-hybridized carbons (Fsp3) is 0.824. The molecule has 132 valence electrons. The molecule has 0 saturated carbocycles. The lowest BCUT2D eigenvalue weighted by Crippen LogP contribution is -2.50. The van der Waals surface area contributed by atoms with Crippen molar-refractivity contribution < 1.29 is 9.84 Å². The van der Waals surface area contributed by atoms with Crippen molar-refractivity contribution in [1.82, 2.24) is 20.0 Å². The van der Waals surface area contributed by atoms with E-state index in [0.29, 0.717) is 13.1 Å². The molecule has 1 aliphatic heterocycles. The van der Waals surface area contributed by atoms with Gasteiger partial charge in [-0.2, -0.15) is 5.10 Å². The van der Waals surface area contributed by atoms with Crippen LogP contribution in [0, 0.1) is 0 Å². The molecule has 1 atom stereocenters.